The molecular weight excluding hydrogens is 273 g/mol. The van der Waals surface area contributed by atoms with Crippen LogP contribution in [0.2, 0.25) is 10.0 Å². The second-order valence-electron chi connectivity index (χ2n) is 4.32. The zero-order valence-corrected chi connectivity index (χ0v) is 11.2. The van der Waals surface area contributed by atoms with Crippen LogP contribution in [0.15, 0.2) is 18.7 Å². The Labute approximate surface area is 116 Å². The quantitative estimate of drug-likeness (QED) is 0.897. The summed E-state index contributed by atoms with van der Waals surface area (Å²) in [5.41, 5.74) is 1.55. The van der Waals surface area contributed by atoms with Crippen LogP contribution in [0.1, 0.15) is 24.0 Å². The van der Waals surface area contributed by atoms with Gasteiger partial charge >= 0.3 is 6.09 Å². The molecule has 0 bridgehead atoms. The summed E-state index contributed by atoms with van der Waals surface area (Å²) in [6, 6.07) is 3.65. The molecule has 0 aromatic heterocycles. The van der Waals surface area contributed by atoms with E-state index in [0.29, 0.717) is 15.6 Å². The lowest BCUT2D eigenvalue weighted by molar-refractivity contribution is 0.139. The molecule has 96 valence electrons. The van der Waals surface area contributed by atoms with Gasteiger partial charge in [0.2, 0.25) is 0 Å². The van der Waals surface area contributed by atoms with Crippen molar-refractivity contribution in [2.45, 2.75) is 25.4 Å². The molecule has 1 fully saturated rings. The van der Waals surface area contributed by atoms with Gasteiger partial charge in [0.25, 0.3) is 0 Å². The molecule has 0 unspecified atom stereocenters. The summed E-state index contributed by atoms with van der Waals surface area (Å²) in [4.78, 5) is 12.6. The van der Waals surface area contributed by atoms with Gasteiger partial charge in [-0.05, 0) is 36.1 Å². The molecule has 1 aromatic carbocycles. The highest BCUT2D eigenvalue weighted by atomic mass is 35.5. The highest BCUT2D eigenvalue weighted by Crippen LogP contribution is 2.33. The highest BCUT2D eigenvalue weighted by molar-refractivity contribution is 6.42. The molecule has 2 rings (SSSR count). The van der Waals surface area contributed by atoms with Crippen molar-refractivity contribution in [1.82, 2.24) is 4.90 Å². The fourth-order valence-corrected chi connectivity index (χ4v) is 2.24. The summed E-state index contributed by atoms with van der Waals surface area (Å²) in [6.45, 7) is 3.94. The van der Waals surface area contributed by atoms with E-state index in [0.717, 1.165) is 18.4 Å². The van der Waals surface area contributed by atoms with E-state index < -0.39 is 6.09 Å². The second kappa shape index (κ2) is 5.21. The van der Waals surface area contributed by atoms with E-state index in [2.05, 4.69) is 6.58 Å². The third-order valence-corrected chi connectivity index (χ3v) is 3.78. The molecule has 18 heavy (non-hydrogen) atoms. The molecule has 0 heterocycles. The molecule has 0 aliphatic heterocycles. The molecule has 1 saturated carbocycles. The van der Waals surface area contributed by atoms with Gasteiger partial charge in [-0.25, -0.2) is 4.79 Å². The predicted octanol–water partition coefficient (Wildman–Crippen LogP) is 4.28. The van der Waals surface area contributed by atoms with Crippen LogP contribution in [0.4, 0.5) is 4.79 Å². The van der Waals surface area contributed by atoms with Crippen LogP contribution in [0.3, 0.4) is 0 Å². The molecular formula is C13H13Cl2NO2. The van der Waals surface area contributed by atoms with Gasteiger partial charge in [-0.2, -0.15) is 0 Å². The van der Waals surface area contributed by atoms with Crippen molar-refractivity contribution in [2.24, 2.45) is 0 Å². The van der Waals surface area contributed by atoms with Crippen LogP contribution < -0.4 is 0 Å². The summed E-state index contributed by atoms with van der Waals surface area (Å²) in [6.07, 6.45) is 2.57. The smallest absolute Gasteiger partial charge is 0.407 e. The van der Waals surface area contributed by atoms with Crippen LogP contribution in [-0.2, 0) is 6.54 Å². The van der Waals surface area contributed by atoms with E-state index in [1.165, 1.54) is 4.90 Å². The average Bonchev–Trinajstić information content (AvgIpc) is 3.14. The lowest BCUT2D eigenvalue weighted by atomic mass is 10.1. The summed E-state index contributed by atoms with van der Waals surface area (Å²) in [5, 5.41) is 9.99. The Kier molecular flexibility index (Phi) is 3.83. The second-order valence-corrected chi connectivity index (χ2v) is 5.11. The Morgan fingerprint density at radius 3 is 2.67 bits per heavy atom. The third kappa shape index (κ3) is 2.79. The van der Waals surface area contributed by atoms with Crippen molar-refractivity contribution >= 4 is 35.4 Å². The van der Waals surface area contributed by atoms with Gasteiger partial charge in [-0.3, -0.25) is 0 Å². The Hall–Kier alpha value is -1.19. The maximum absolute atomic E-state index is 11.2. The Balaban J connectivity index is 2.29. The van der Waals surface area contributed by atoms with Gasteiger partial charge in [0.1, 0.15) is 0 Å². The van der Waals surface area contributed by atoms with Crippen LogP contribution in [0.25, 0.3) is 6.08 Å². The molecule has 0 spiro atoms. The number of hydrogen-bond acceptors (Lipinski definition) is 1. The maximum atomic E-state index is 11.2. The van der Waals surface area contributed by atoms with Crippen LogP contribution in [0.5, 0.6) is 0 Å². The maximum Gasteiger partial charge on any atom is 0.407 e. The topological polar surface area (TPSA) is 40.5 Å². The van der Waals surface area contributed by atoms with Crippen molar-refractivity contribution in [3.8, 4) is 0 Å². The predicted molar refractivity (Wildman–Crippen MR) is 73.1 cm³/mol. The fraction of sp³-hybridized carbons (Fsp3) is 0.308. The van der Waals surface area contributed by atoms with Crippen molar-refractivity contribution in [2.75, 3.05) is 0 Å². The summed E-state index contributed by atoms with van der Waals surface area (Å²) >= 11 is 12.1. The molecule has 0 radical (unpaired) electrons. The first-order chi connectivity index (χ1) is 8.52. The molecule has 0 atom stereocenters. The zero-order valence-electron chi connectivity index (χ0n) is 9.70. The van der Waals surface area contributed by atoms with Gasteiger partial charge in [-0.1, -0.05) is 35.9 Å². The minimum atomic E-state index is -0.923. The number of hydrogen-bond donors (Lipinski definition) is 1. The molecule has 5 heteroatoms. The van der Waals surface area contributed by atoms with Gasteiger partial charge in [-0.15, -0.1) is 0 Å². The SMILES string of the molecule is C=Cc1cc(Cl)c(Cl)c(CN(C(=O)O)C2CC2)c1. The van der Waals surface area contributed by atoms with E-state index >= 15 is 0 Å². The van der Waals surface area contributed by atoms with E-state index in [4.69, 9.17) is 28.3 Å². The molecule has 1 amide bonds. The first-order valence-corrected chi connectivity index (χ1v) is 6.38. The minimum Gasteiger partial charge on any atom is -0.465 e. The fourth-order valence-electron chi connectivity index (χ4n) is 1.82. The molecule has 1 N–H and O–H groups in total. The minimum absolute atomic E-state index is 0.115. The van der Waals surface area contributed by atoms with E-state index in [9.17, 15) is 4.79 Å². The van der Waals surface area contributed by atoms with Gasteiger partial charge in [0.15, 0.2) is 0 Å². The number of amides is 1. The van der Waals surface area contributed by atoms with Crippen molar-refractivity contribution < 1.29 is 9.90 Å². The first kappa shape index (κ1) is 13.2. The van der Waals surface area contributed by atoms with Crippen molar-refractivity contribution in [3.63, 3.8) is 0 Å². The van der Waals surface area contributed by atoms with Crippen molar-refractivity contribution in [1.29, 1.82) is 0 Å². The Morgan fingerprint density at radius 2 is 2.17 bits per heavy atom. The molecule has 0 saturated heterocycles. The molecule has 1 aliphatic rings. The first-order valence-electron chi connectivity index (χ1n) is 5.63. The van der Waals surface area contributed by atoms with E-state index in [1.807, 2.05) is 6.07 Å². The van der Waals surface area contributed by atoms with Gasteiger partial charge in [0, 0.05) is 6.04 Å². The van der Waals surface area contributed by atoms with Gasteiger partial charge in [0.05, 0.1) is 16.6 Å². The van der Waals surface area contributed by atoms with E-state index in [-0.39, 0.29) is 12.6 Å². The zero-order chi connectivity index (χ0) is 13.3. The van der Waals surface area contributed by atoms with Crippen LogP contribution >= 0.6 is 23.2 Å². The number of benzene rings is 1. The Bertz CT molecular complexity index is 498. The Morgan fingerprint density at radius 1 is 1.50 bits per heavy atom. The van der Waals surface area contributed by atoms with Gasteiger partial charge < -0.3 is 10.0 Å². The van der Waals surface area contributed by atoms with E-state index in [1.54, 1.807) is 12.1 Å². The highest BCUT2D eigenvalue weighted by Gasteiger charge is 2.32. The number of carboxylic acid groups (broad SMARTS) is 1. The normalized spacial score (nSPS) is 14.3. The molecule has 1 aliphatic carbocycles. The number of nitrogens with zero attached hydrogens (tertiary/aromatic N) is 1. The van der Waals surface area contributed by atoms with Crippen molar-refractivity contribution in [3.05, 3.63) is 39.9 Å². The lowest BCUT2D eigenvalue weighted by Gasteiger charge is -2.20. The summed E-state index contributed by atoms with van der Waals surface area (Å²) in [7, 11) is 0. The third-order valence-electron chi connectivity index (χ3n) is 2.94. The monoisotopic (exact) mass is 285 g/mol. The molecule has 1 aromatic rings. The number of carbonyl (C=O) groups is 1. The summed E-state index contributed by atoms with van der Waals surface area (Å²) in [5.74, 6) is 0. The largest absolute Gasteiger partial charge is 0.465 e. The van der Waals surface area contributed by atoms with Crippen LogP contribution in [0, 0.1) is 0 Å². The summed E-state index contributed by atoms with van der Waals surface area (Å²) < 4.78 is 0. The number of halogens is 2. The molecule has 3 nitrogen and oxygen atoms in total. The lowest BCUT2D eigenvalue weighted by Crippen LogP contribution is -2.31. The number of rotatable bonds is 4. The standard InChI is InChI=1S/C13H13Cl2NO2/c1-2-8-5-9(12(15)11(14)6-8)7-16(13(17)18)10-3-4-10/h2,5-6,10H,1,3-4,7H2,(H,17,18). The average molecular weight is 286 g/mol. The van der Waals surface area contributed by atoms with Crippen LogP contribution in [-0.4, -0.2) is 22.1 Å².